The van der Waals surface area contributed by atoms with Crippen molar-refractivity contribution in [1.29, 1.82) is 0 Å². The maximum Gasteiger partial charge on any atom is 0.216 e. The molecule has 0 aliphatic heterocycles. The fourth-order valence-electron chi connectivity index (χ4n) is 4.08. The van der Waals surface area contributed by atoms with Crippen LogP contribution in [0.25, 0.3) is 0 Å². The minimum Gasteiger partial charge on any atom is -0.385 e. The fourth-order valence-corrected chi connectivity index (χ4v) is 5.72. The summed E-state index contributed by atoms with van der Waals surface area (Å²) in [5.41, 5.74) is 1.02. The van der Waals surface area contributed by atoms with Gasteiger partial charge in [0.25, 0.3) is 0 Å². The van der Waals surface area contributed by atoms with Crippen molar-refractivity contribution >= 4 is 20.0 Å². The van der Waals surface area contributed by atoms with Gasteiger partial charge in [-0.25, -0.2) is 26.3 Å². The Morgan fingerprint density at radius 2 is 1.55 bits per heavy atom. The molecular weight excluding hydrogens is 460 g/mol. The third kappa shape index (κ3) is 7.49. The van der Waals surface area contributed by atoms with E-state index in [1.165, 1.54) is 0 Å². The Labute approximate surface area is 200 Å². The van der Waals surface area contributed by atoms with Gasteiger partial charge in [0.05, 0.1) is 15.6 Å². The Balaban J connectivity index is 1.88. The first-order valence-corrected chi connectivity index (χ1v) is 14.9. The first-order valence-electron chi connectivity index (χ1n) is 11.9. The van der Waals surface area contributed by atoms with Gasteiger partial charge in [-0.15, -0.1) is 0 Å². The molecule has 1 aromatic carbocycles. The van der Waals surface area contributed by atoms with Crippen molar-refractivity contribution in [2.45, 2.75) is 89.2 Å². The van der Waals surface area contributed by atoms with E-state index >= 15 is 0 Å². The predicted molar refractivity (Wildman–Crippen MR) is 134 cm³/mol. The van der Waals surface area contributed by atoms with Crippen molar-refractivity contribution in [3.63, 3.8) is 0 Å². The van der Waals surface area contributed by atoms with E-state index in [2.05, 4.69) is 16.4 Å². The van der Waals surface area contributed by atoms with Gasteiger partial charge >= 0.3 is 0 Å². The second kappa shape index (κ2) is 10.7. The molecule has 2 rings (SSSR count). The normalized spacial score (nSPS) is 23.6. The maximum atomic E-state index is 12.2. The molecule has 0 aromatic heterocycles. The van der Waals surface area contributed by atoms with Crippen molar-refractivity contribution in [1.82, 2.24) is 9.44 Å². The van der Waals surface area contributed by atoms with Gasteiger partial charge in [0.15, 0.2) is 0 Å². The van der Waals surface area contributed by atoms with E-state index in [4.69, 9.17) is 0 Å². The van der Waals surface area contributed by atoms with Crippen molar-refractivity contribution < 1.29 is 21.9 Å². The zero-order valence-electron chi connectivity index (χ0n) is 20.9. The van der Waals surface area contributed by atoms with Crippen molar-refractivity contribution in [3.05, 3.63) is 35.4 Å². The number of hydrogen-bond acceptors (Lipinski definition) is 5. The number of aliphatic hydroxyl groups is 1. The number of nitrogens with one attached hydrogen (secondary N) is 2. The Morgan fingerprint density at radius 3 is 2.03 bits per heavy atom. The topological polar surface area (TPSA) is 113 Å². The van der Waals surface area contributed by atoms with Gasteiger partial charge in [-0.2, -0.15) is 0 Å². The lowest BCUT2D eigenvalue weighted by Crippen LogP contribution is -2.40. The Kier molecular flexibility index (Phi) is 9.18. The van der Waals surface area contributed by atoms with Crippen LogP contribution in [-0.2, 0) is 32.1 Å². The maximum absolute atomic E-state index is 12.2. The zero-order valence-corrected chi connectivity index (χ0v) is 22.5. The Hall–Kier alpha value is -1.00. The summed E-state index contributed by atoms with van der Waals surface area (Å²) in [6.45, 7) is 11.2. The molecular formula is C24H42N2O5S2. The van der Waals surface area contributed by atoms with Crippen LogP contribution >= 0.6 is 0 Å². The highest BCUT2D eigenvalue weighted by Gasteiger charge is 2.36. The van der Waals surface area contributed by atoms with Gasteiger partial charge in [-0.3, -0.25) is 0 Å². The van der Waals surface area contributed by atoms with Crippen LogP contribution in [0.4, 0.5) is 0 Å². The molecule has 0 spiro atoms. The van der Waals surface area contributed by atoms with E-state index in [9.17, 15) is 21.9 Å². The highest BCUT2D eigenvalue weighted by molar-refractivity contribution is 7.90. The van der Waals surface area contributed by atoms with Crippen molar-refractivity contribution in [3.8, 4) is 0 Å². The molecule has 9 heteroatoms. The molecule has 0 amide bonds. The first kappa shape index (κ1) is 28.2. The predicted octanol–water partition coefficient (Wildman–Crippen LogP) is 3.29. The molecule has 190 valence electrons. The molecule has 1 fully saturated rings. The molecule has 1 aliphatic carbocycles. The average Bonchev–Trinajstić information content (AvgIpc) is 2.72. The summed E-state index contributed by atoms with van der Waals surface area (Å²) in [4.78, 5) is 0. The average molecular weight is 503 g/mol. The lowest BCUT2D eigenvalue weighted by atomic mass is 9.71. The highest BCUT2D eigenvalue weighted by atomic mass is 32.2. The zero-order chi connectivity index (χ0) is 25.1. The summed E-state index contributed by atoms with van der Waals surface area (Å²) >= 11 is 0. The molecule has 1 saturated carbocycles. The van der Waals surface area contributed by atoms with Gasteiger partial charge in [-0.1, -0.05) is 31.2 Å². The number of sulfonamides is 2. The molecule has 1 aliphatic rings. The summed E-state index contributed by atoms with van der Waals surface area (Å²) in [6, 6.07) is 7.78. The largest absolute Gasteiger partial charge is 0.385 e. The van der Waals surface area contributed by atoms with Crippen LogP contribution in [-0.4, -0.2) is 45.0 Å². The highest BCUT2D eigenvalue weighted by Crippen LogP contribution is 2.41. The molecule has 3 N–H and O–H groups in total. The van der Waals surface area contributed by atoms with Crippen LogP contribution in [0.2, 0.25) is 0 Å². The molecule has 0 bridgehead atoms. The van der Waals surface area contributed by atoms with Crippen molar-refractivity contribution in [2.75, 3.05) is 13.1 Å². The quantitative estimate of drug-likeness (QED) is 0.454. The van der Waals surface area contributed by atoms with Crippen LogP contribution in [0.1, 0.15) is 78.4 Å². The third-order valence-electron chi connectivity index (χ3n) is 6.89. The molecule has 1 atom stereocenters. The molecule has 0 radical (unpaired) electrons. The molecule has 1 unspecified atom stereocenters. The van der Waals surface area contributed by atoms with E-state index in [0.717, 1.165) is 24.0 Å². The standard InChI is InChI=1S/C24H42N2O5S2/c1-18(2)32(28,29)26-17-19(3)21-11-14-24(27,15-12-21)22-9-7-20(8-10-22)13-16-25-33(30,31)23(4,5)6/h7-10,18-19,21,25-27H,11-17H2,1-6H3. The Bertz CT molecular complexity index is 973. The monoisotopic (exact) mass is 502 g/mol. The van der Waals surface area contributed by atoms with Crippen LogP contribution in [0, 0.1) is 11.8 Å². The molecule has 33 heavy (non-hydrogen) atoms. The summed E-state index contributed by atoms with van der Waals surface area (Å²) in [5, 5.41) is 10.8. The van der Waals surface area contributed by atoms with E-state index < -0.39 is 35.6 Å². The van der Waals surface area contributed by atoms with Crippen LogP contribution in [0.5, 0.6) is 0 Å². The summed E-state index contributed by atoms with van der Waals surface area (Å²) < 4.78 is 52.9. The summed E-state index contributed by atoms with van der Waals surface area (Å²) in [7, 11) is -6.62. The SMILES string of the molecule is CC(CNS(=O)(=O)C(C)C)C1CCC(O)(c2ccc(CCNS(=O)(=O)C(C)(C)C)cc2)CC1. The molecule has 0 saturated heterocycles. The van der Waals surface area contributed by atoms with Gasteiger partial charge in [0.1, 0.15) is 0 Å². The second-order valence-corrected chi connectivity index (χ2v) is 15.6. The lowest BCUT2D eigenvalue weighted by Gasteiger charge is -2.38. The van der Waals surface area contributed by atoms with E-state index in [1.54, 1.807) is 34.6 Å². The summed E-state index contributed by atoms with van der Waals surface area (Å²) in [5.74, 6) is 0.581. The van der Waals surface area contributed by atoms with E-state index in [0.29, 0.717) is 38.3 Å². The van der Waals surface area contributed by atoms with Gasteiger partial charge in [-0.05, 0) is 89.7 Å². The molecule has 1 aromatic rings. The third-order valence-corrected chi connectivity index (χ3v) is 10.9. The summed E-state index contributed by atoms with van der Waals surface area (Å²) in [6.07, 6.45) is 3.56. The van der Waals surface area contributed by atoms with E-state index in [-0.39, 0.29) is 5.92 Å². The second-order valence-electron chi connectivity index (χ2n) is 10.7. The number of rotatable bonds is 10. The first-order chi connectivity index (χ1) is 15.1. The smallest absolute Gasteiger partial charge is 0.216 e. The van der Waals surface area contributed by atoms with Gasteiger partial charge in [0.2, 0.25) is 20.0 Å². The van der Waals surface area contributed by atoms with Crippen LogP contribution < -0.4 is 9.44 Å². The minimum absolute atomic E-state index is 0.210. The number of benzene rings is 1. The van der Waals surface area contributed by atoms with E-state index in [1.807, 2.05) is 24.3 Å². The molecule has 7 nitrogen and oxygen atoms in total. The minimum atomic E-state index is -3.36. The lowest BCUT2D eigenvalue weighted by molar-refractivity contribution is -0.0207. The van der Waals surface area contributed by atoms with Gasteiger partial charge < -0.3 is 5.11 Å². The van der Waals surface area contributed by atoms with Crippen LogP contribution in [0.3, 0.4) is 0 Å². The molecule has 0 heterocycles. The number of hydrogen-bond donors (Lipinski definition) is 3. The van der Waals surface area contributed by atoms with Crippen molar-refractivity contribution in [2.24, 2.45) is 11.8 Å². The van der Waals surface area contributed by atoms with Crippen LogP contribution in [0.15, 0.2) is 24.3 Å². The van der Waals surface area contributed by atoms with Gasteiger partial charge in [0, 0.05) is 13.1 Å². The fraction of sp³-hybridized carbons (Fsp3) is 0.750. The Morgan fingerprint density at radius 1 is 1.00 bits per heavy atom.